The van der Waals surface area contributed by atoms with Gasteiger partial charge in [-0.05, 0) is 54.8 Å². The van der Waals surface area contributed by atoms with Crippen molar-refractivity contribution in [2.75, 3.05) is 10.2 Å². The van der Waals surface area contributed by atoms with Gasteiger partial charge in [0.2, 0.25) is 0 Å². The van der Waals surface area contributed by atoms with Gasteiger partial charge in [-0.1, -0.05) is 65.7 Å². The van der Waals surface area contributed by atoms with Crippen molar-refractivity contribution in [3.05, 3.63) is 99.2 Å². The molecule has 1 heterocycles. The molecule has 1 aliphatic rings. The van der Waals surface area contributed by atoms with E-state index in [1.165, 1.54) is 0 Å². The van der Waals surface area contributed by atoms with E-state index in [4.69, 9.17) is 23.2 Å². The molecule has 0 unspecified atom stereocenters. The molecule has 2 amide bonds. The van der Waals surface area contributed by atoms with Gasteiger partial charge in [0, 0.05) is 15.7 Å². The first-order valence-electron chi connectivity index (χ1n) is 9.34. The van der Waals surface area contributed by atoms with Crippen LogP contribution in [0.15, 0.2) is 72.4 Å². The molecule has 150 valence electrons. The summed E-state index contributed by atoms with van der Waals surface area (Å²) < 4.78 is 0. The van der Waals surface area contributed by atoms with Crippen molar-refractivity contribution in [2.24, 2.45) is 0 Å². The maximum absolute atomic E-state index is 13.4. The monoisotopic (exact) mass is 436 g/mol. The molecule has 0 fully saturated rings. The number of nitrogens with zero attached hydrogens (tertiary/aromatic N) is 1. The number of carbonyl (C=O) groups excluding carboxylic acids is 2. The van der Waals surface area contributed by atoms with Crippen molar-refractivity contribution in [1.82, 2.24) is 0 Å². The molecule has 1 aliphatic heterocycles. The molecule has 4 nitrogen and oxygen atoms in total. The van der Waals surface area contributed by atoms with Crippen molar-refractivity contribution in [1.29, 1.82) is 0 Å². The maximum Gasteiger partial charge on any atom is 0.282 e. The zero-order chi connectivity index (χ0) is 21.4. The van der Waals surface area contributed by atoms with Crippen LogP contribution in [-0.2, 0) is 9.59 Å². The lowest BCUT2D eigenvalue weighted by Crippen LogP contribution is -2.32. The number of hydrogen-bond donors (Lipinski definition) is 1. The largest absolute Gasteiger partial charge is 0.350 e. The molecule has 1 N–H and O–H groups in total. The predicted octanol–water partition coefficient (Wildman–Crippen LogP) is 6.01. The quantitative estimate of drug-likeness (QED) is 0.509. The lowest BCUT2D eigenvalue weighted by molar-refractivity contribution is -0.120. The Bertz CT molecular complexity index is 1200. The lowest BCUT2D eigenvalue weighted by Gasteiger charge is -2.16. The molecule has 0 bridgehead atoms. The van der Waals surface area contributed by atoms with Crippen LogP contribution in [0.25, 0.3) is 5.57 Å². The van der Waals surface area contributed by atoms with Gasteiger partial charge < -0.3 is 5.32 Å². The van der Waals surface area contributed by atoms with Crippen molar-refractivity contribution >= 4 is 52.0 Å². The number of hydrogen-bond acceptors (Lipinski definition) is 3. The van der Waals surface area contributed by atoms with E-state index in [9.17, 15) is 9.59 Å². The Morgan fingerprint density at radius 1 is 0.800 bits per heavy atom. The van der Waals surface area contributed by atoms with Crippen molar-refractivity contribution in [3.8, 4) is 0 Å². The molecule has 3 aromatic rings. The third-order valence-corrected chi connectivity index (χ3v) is 5.66. The molecule has 0 saturated carbocycles. The van der Waals surface area contributed by atoms with Gasteiger partial charge in [0.1, 0.15) is 5.70 Å². The Labute approximate surface area is 184 Å². The number of aryl methyl sites for hydroxylation is 2. The second-order valence-electron chi connectivity index (χ2n) is 7.08. The molecule has 0 atom stereocenters. The first kappa shape index (κ1) is 20.2. The summed E-state index contributed by atoms with van der Waals surface area (Å²) in [4.78, 5) is 28.0. The number of imide groups is 1. The summed E-state index contributed by atoms with van der Waals surface area (Å²) in [6, 6.07) is 19.6. The second kappa shape index (κ2) is 7.98. The summed E-state index contributed by atoms with van der Waals surface area (Å²) >= 11 is 12.4. The maximum atomic E-state index is 13.4. The molecule has 0 radical (unpaired) electrons. The Morgan fingerprint density at radius 3 is 2.20 bits per heavy atom. The highest BCUT2D eigenvalue weighted by Crippen LogP contribution is 2.35. The van der Waals surface area contributed by atoms with Crippen LogP contribution >= 0.6 is 23.2 Å². The number of benzene rings is 3. The Balaban J connectivity index is 1.84. The van der Waals surface area contributed by atoms with Gasteiger partial charge in [-0.3, -0.25) is 9.59 Å². The van der Waals surface area contributed by atoms with E-state index in [2.05, 4.69) is 5.32 Å². The average molecular weight is 437 g/mol. The van der Waals surface area contributed by atoms with Crippen molar-refractivity contribution < 1.29 is 9.59 Å². The van der Waals surface area contributed by atoms with Crippen molar-refractivity contribution in [3.63, 3.8) is 0 Å². The first-order valence-corrected chi connectivity index (χ1v) is 10.1. The normalized spacial score (nSPS) is 13.9. The number of rotatable bonds is 4. The van der Waals surface area contributed by atoms with Gasteiger partial charge >= 0.3 is 0 Å². The minimum absolute atomic E-state index is 0.202. The fourth-order valence-corrected chi connectivity index (χ4v) is 3.68. The number of carbonyl (C=O) groups is 2. The summed E-state index contributed by atoms with van der Waals surface area (Å²) in [5, 5.41) is 4.17. The summed E-state index contributed by atoms with van der Waals surface area (Å²) in [5.41, 5.74) is 4.01. The zero-order valence-corrected chi connectivity index (χ0v) is 17.9. The van der Waals surface area contributed by atoms with Gasteiger partial charge in [-0.2, -0.15) is 0 Å². The van der Waals surface area contributed by atoms with Crippen LogP contribution in [0.1, 0.15) is 16.7 Å². The second-order valence-corrected chi connectivity index (χ2v) is 7.92. The third kappa shape index (κ3) is 3.60. The average Bonchev–Trinajstić information content (AvgIpc) is 2.97. The van der Waals surface area contributed by atoms with E-state index in [0.717, 1.165) is 16.0 Å². The molecular formula is C24H18Cl2N2O2. The molecule has 0 saturated heterocycles. The van der Waals surface area contributed by atoms with E-state index in [0.29, 0.717) is 32.6 Å². The fraction of sp³-hybridized carbons (Fsp3) is 0.0833. The minimum atomic E-state index is -0.446. The number of amides is 2. The van der Waals surface area contributed by atoms with Gasteiger partial charge in [0.15, 0.2) is 0 Å². The fourth-order valence-electron chi connectivity index (χ4n) is 3.34. The Morgan fingerprint density at radius 2 is 1.50 bits per heavy atom. The Kier molecular flexibility index (Phi) is 5.37. The van der Waals surface area contributed by atoms with Gasteiger partial charge in [-0.15, -0.1) is 0 Å². The van der Waals surface area contributed by atoms with Crippen LogP contribution in [0.3, 0.4) is 0 Å². The molecule has 3 aromatic carbocycles. The van der Waals surface area contributed by atoms with E-state index >= 15 is 0 Å². The van der Waals surface area contributed by atoms with Crippen LogP contribution < -0.4 is 10.2 Å². The molecular weight excluding hydrogens is 419 g/mol. The number of anilines is 2. The van der Waals surface area contributed by atoms with E-state index in [1.54, 1.807) is 42.5 Å². The molecule has 0 spiro atoms. The minimum Gasteiger partial charge on any atom is -0.350 e. The van der Waals surface area contributed by atoms with Crippen LogP contribution in [0.5, 0.6) is 0 Å². The van der Waals surface area contributed by atoms with Gasteiger partial charge in [0.05, 0.1) is 11.3 Å². The van der Waals surface area contributed by atoms with Crippen LogP contribution in [0.2, 0.25) is 10.0 Å². The van der Waals surface area contributed by atoms with Crippen LogP contribution in [-0.4, -0.2) is 11.8 Å². The summed E-state index contributed by atoms with van der Waals surface area (Å²) in [7, 11) is 0. The first-order chi connectivity index (χ1) is 14.4. The summed E-state index contributed by atoms with van der Waals surface area (Å²) in [6.45, 7) is 3.77. The molecule has 4 rings (SSSR count). The number of halogens is 2. The molecule has 0 aromatic heterocycles. The smallest absolute Gasteiger partial charge is 0.282 e. The van der Waals surface area contributed by atoms with Gasteiger partial charge in [0.25, 0.3) is 11.8 Å². The van der Waals surface area contributed by atoms with E-state index in [1.807, 2.05) is 38.1 Å². The van der Waals surface area contributed by atoms with E-state index in [-0.39, 0.29) is 5.70 Å². The van der Waals surface area contributed by atoms with Crippen LogP contribution in [0.4, 0.5) is 11.4 Å². The highest BCUT2D eigenvalue weighted by atomic mass is 35.5. The lowest BCUT2D eigenvalue weighted by atomic mass is 10.0. The van der Waals surface area contributed by atoms with Crippen molar-refractivity contribution in [2.45, 2.75) is 13.8 Å². The predicted molar refractivity (Wildman–Crippen MR) is 122 cm³/mol. The highest BCUT2D eigenvalue weighted by Gasteiger charge is 2.40. The summed E-state index contributed by atoms with van der Waals surface area (Å²) in [5.74, 6) is -0.855. The topological polar surface area (TPSA) is 49.4 Å². The van der Waals surface area contributed by atoms with Gasteiger partial charge in [-0.25, -0.2) is 4.90 Å². The number of nitrogens with one attached hydrogen (secondary N) is 1. The highest BCUT2D eigenvalue weighted by molar-refractivity contribution is 6.46. The van der Waals surface area contributed by atoms with E-state index < -0.39 is 11.8 Å². The SMILES string of the molecule is Cc1ccc(N2C(=O)C(Nc3cc(Cl)ccc3C)=C(c3ccccc3)C2=O)cc1Cl. The van der Waals surface area contributed by atoms with Crippen LogP contribution in [0, 0.1) is 13.8 Å². The molecule has 6 heteroatoms. The zero-order valence-electron chi connectivity index (χ0n) is 16.4. The standard InChI is InChI=1S/C24H18Cl2N2O2/c1-14-9-11-18(13-19(14)26)28-23(29)21(16-6-4-3-5-7-16)22(24(28)30)27-20-12-17(25)10-8-15(20)2/h3-13,27H,1-2H3. The summed E-state index contributed by atoms with van der Waals surface area (Å²) in [6.07, 6.45) is 0. The Hall–Kier alpha value is -3.08. The third-order valence-electron chi connectivity index (χ3n) is 5.02. The molecule has 0 aliphatic carbocycles. The molecule has 30 heavy (non-hydrogen) atoms.